The van der Waals surface area contributed by atoms with E-state index in [4.69, 9.17) is 5.26 Å². The van der Waals surface area contributed by atoms with Crippen LogP contribution < -0.4 is 5.32 Å². The lowest BCUT2D eigenvalue weighted by Gasteiger charge is -2.25. The quantitative estimate of drug-likeness (QED) is 0.918. The molecule has 8 heteroatoms. The van der Waals surface area contributed by atoms with Crippen molar-refractivity contribution < 1.29 is 13.2 Å². The number of nitrogens with zero attached hydrogens (tertiary/aromatic N) is 4. The van der Waals surface area contributed by atoms with Gasteiger partial charge in [0.2, 0.25) is 0 Å². The molecule has 2 atom stereocenters. The summed E-state index contributed by atoms with van der Waals surface area (Å²) < 4.78 is 40.9. The van der Waals surface area contributed by atoms with Crippen molar-refractivity contribution in [3.8, 4) is 6.07 Å². The molecule has 3 rings (SSSR count). The van der Waals surface area contributed by atoms with Crippen molar-refractivity contribution in [2.24, 2.45) is 0 Å². The molecule has 2 heterocycles. The summed E-state index contributed by atoms with van der Waals surface area (Å²) in [6.07, 6.45) is -3.75. The minimum atomic E-state index is -4.29. The van der Waals surface area contributed by atoms with Crippen molar-refractivity contribution in [3.63, 3.8) is 0 Å². The van der Waals surface area contributed by atoms with E-state index in [-0.39, 0.29) is 18.3 Å². The lowest BCUT2D eigenvalue weighted by molar-refractivity contribution is -0.156. The van der Waals surface area contributed by atoms with Gasteiger partial charge in [0, 0.05) is 12.6 Å². The zero-order valence-corrected chi connectivity index (χ0v) is 13.7. The highest BCUT2D eigenvalue weighted by Crippen LogP contribution is 2.40. The molecule has 0 unspecified atom stereocenters. The van der Waals surface area contributed by atoms with Gasteiger partial charge in [0.15, 0.2) is 0 Å². The molecule has 1 aliphatic rings. The minimum absolute atomic E-state index is 0.0153. The molecule has 0 amide bonds. The molecule has 0 bridgehead atoms. The van der Waals surface area contributed by atoms with Gasteiger partial charge in [-0.25, -0.2) is 0 Å². The van der Waals surface area contributed by atoms with Gasteiger partial charge in [-0.15, -0.1) is 10.2 Å². The monoisotopic (exact) mass is 349 g/mol. The number of fused-ring (bicyclic) bond motifs is 1. The lowest BCUT2D eigenvalue weighted by atomic mass is 9.98. The van der Waals surface area contributed by atoms with E-state index in [2.05, 4.69) is 21.6 Å². The highest BCUT2D eigenvalue weighted by molar-refractivity contribution is 5.32. The van der Waals surface area contributed by atoms with Gasteiger partial charge >= 0.3 is 6.18 Å². The number of nitrogens with one attached hydrogen (secondary N) is 1. The fourth-order valence-electron chi connectivity index (χ4n) is 3.08. The number of alkyl halides is 3. The SMILES string of the molecule is C[C@H](NCc1nnc2n1CCC[C@@H]2C(F)(F)F)c1ccc(C#N)cc1. The number of halogens is 3. The third-order valence-electron chi connectivity index (χ3n) is 4.54. The van der Waals surface area contributed by atoms with Gasteiger partial charge in [-0.3, -0.25) is 0 Å². The van der Waals surface area contributed by atoms with Crippen LogP contribution in [0, 0.1) is 11.3 Å². The Morgan fingerprint density at radius 3 is 2.68 bits per heavy atom. The predicted octanol–water partition coefficient (Wildman–Crippen LogP) is 3.44. The van der Waals surface area contributed by atoms with Crippen LogP contribution in [-0.4, -0.2) is 20.9 Å². The molecule has 1 aromatic heterocycles. The first kappa shape index (κ1) is 17.4. The van der Waals surface area contributed by atoms with Crippen molar-refractivity contribution in [1.82, 2.24) is 20.1 Å². The average Bonchev–Trinajstić information content (AvgIpc) is 3.02. The van der Waals surface area contributed by atoms with E-state index in [0.717, 1.165) is 5.56 Å². The molecule has 2 aromatic rings. The normalized spacial score (nSPS) is 18.4. The topological polar surface area (TPSA) is 66.5 Å². The van der Waals surface area contributed by atoms with Crippen LogP contribution in [0.4, 0.5) is 13.2 Å². The van der Waals surface area contributed by atoms with E-state index < -0.39 is 12.1 Å². The predicted molar refractivity (Wildman–Crippen MR) is 84.5 cm³/mol. The van der Waals surface area contributed by atoms with Crippen LogP contribution in [-0.2, 0) is 13.1 Å². The second kappa shape index (κ2) is 6.84. The summed E-state index contributed by atoms with van der Waals surface area (Å²) in [5, 5.41) is 19.8. The smallest absolute Gasteiger partial charge is 0.313 e. The van der Waals surface area contributed by atoms with Gasteiger partial charge in [0.25, 0.3) is 0 Å². The number of benzene rings is 1. The molecule has 0 radical (unpaired) electrons. The second-order valence-electron chi connectivity index (χ2n) is 6.20. The maximum absolute atomic E-state index is 13.1. The molecular formula is C17H18F3N5. The van der Waals surface area contributed by atoms with Crippen molar-refractivity contribution in [3.05, 3.63) is 47.0 Å². The second-order valence-corrected chi connectivity index (χ2v) is 6.20. The van der Waals surface area contributed by atoms with Gasteiger partial charge in [-0.2, -0.15) is 18.4 Å². The number of hydrogen-bond acceptors (Lipinski definition) is 4. The van der Waals surface area contributed by atoms with Crippen LogP contribution in [0.1, 0.15) is 54.5 Å². The zero-order chi connectivity index (χ0) is 18.0. The third-order valence-corrected chi connectivity index (χ3v) is 4.54. The average molecular weight is 349 g/mol. The first-order valence-corrected chi connectivity index (χ1v) is 8.12. The third kappa shape index (κ3) is 3.66. The number of aromatic nitrogens is 3. The minimum Gasteiger partial charge on any atom is -0.313 e. The van der Waals surface area contributed by atoms with Gasteiger partial charge in [0.1, 0.15) is 17.6 Å². The first-order valence-electron chi connectivity index (χ1n) is 8.12. The van der Waals surface area contributed by atoms with Crippen molar-refractivity contribution in [2.45, 2.75) is 51.0 Å². The standard InChI is InChI=1S/C17H18F3N5/c1-11(13-6-4-12(9-21)5-7-13)22-10-15-23-24-16-14(17(18,19)20)3-2-8-25(15)16/h4-7,11,14,22H,2-3,8,10H2,1H3/t11-,14-/m0/s1. The summed E-state index contributed by atoms with van der Waals surface area (Å²) in [6, 6.07) is 9.22. The Kier molecular flexibility index (Phi) is 4.77. The number of nitriles is 1. The molecule has 0 saturated carbocycles. The molecule has 1 aliphatic heterocycles. The summed E-state index contributed by atoms with van der Waals surface area (Å²) in [7, 11) is 0. The fourth-order valence-corrected chi connectivity index (χ4v) is 3.08. The molecule has 5 nitrogen and oxygen atoms in total. The Morgan fingerprint density at radius 1 is 1.32 bits per heavy atom. The fraction of sp³-hybridized carbons (Fsp3) is 0.471. The zero-order valence-electron chi connectivity index (χ0n) is 13.7. The van der Waals surface area contributed by atoms with E-state index in [1.165, 1.54) is 0 Å². The first-order chi connectivity index (χ1) is 11.9. The Bertz CT molecular complexity index is 773. The van der Waals surface area contributed by atoms with Crippen LogP contribution >= 0.6 is 0 Å². The van der Waals surface area contributed by atoms with Crippen LogP contribution in [0.2, 0.25) is 0 Å². The van der Waals surface area contributed by atoms with Crippen molar-refractivity contribution in [2.75, 3.05) is 0 Å². The van der Waals surface area contributed by atoms with E-state index in [1.807, 2.05) is 19.1 Å². The Balaban J connectivity index is 1.70. The highest BCUT2D eigenvalue weighted by atomic mass is 19.4. The van der Waals surface area contributed by atoms with E-state index in [9.17, 15) is 13.2 Å². The van der Waals surface area contributed by atoms with Crippen LogP contribution in [0.15, 0.2) is 24.3 Å². The van der Waals surface area contributed by atoms with Crippen LogP contribution in [0.25, 0.3) is 0 Å². The van der Waals surface area contributed by atoms with Gasteiger partial charge < -0.3 is 9.88 Å². The van der Waals surface area contributed by atoms with Gasteiger partial charge in [-0.05, 0) is 37.5 Å². The summed E-state index contributed by atoms with van der Waals surface area (Å²) in [5.41, 5.74) is 1.58. The molecule has 25 heavy (non-hydrogen) atoms. The summed E-state index contributed by atoms with van der Waals surface area (Å²) in [6.45, 7) is 2.79. The van der Waals surface area contributed by atoms with E-state index in [1.54, 1.807) is 16.7 Å². The van der Waals surface area contributed by atoms with Gasteiger partial charge in [-0.1, -0.05) is 12.1 Å². The molecule has 0 fully saturated rings. The van der Waals surface area contributed by atoms with Gasteiger partial charge in [0.05, 0.1) is 18.2 Å². The van der Waals surface area contributed by atoms with E-state index >= 15 is 0 Å². The number of rotatable bonds is 4. The highest BCUT2D eigenvalue weighted by Gasteiger charge is 2.45. The Labute approximate surface area is 143 Å². The maximum atomic E-state index is 13.1. The molecule has 132 valence electrons. The molecular weight excluding hydrogens is 331 g/mol. The van der Waals surface area contributed by atoms with Crippen LogP contribution in [0.3, 0.4) is 0 Å². The number of hydrogen-bond donors (Lipinski definition) is 1. The molecule has 0 spiro atoms. The van der Waals surface area contributed by atoms with Crippen molar-refractivity contribution in [1.29, 1.82) is 5.26 Å². The summed E-state index contributed by atoms with van der Waals surface area (Å²) >= 11 is 0. The Hall–Kier alpha value is -2.40. The van der Waals surface area contributed by atoms with E-state index in [0.29, 0.717) is 30.9 Å². The lowest BCUT2D eigenvalue weighted by Crippen LogP contribution is -2.29. The summed E-state index contributed by atoms with van der Waals surface area (Å²) in [5.74, 6) is -0.996. The largest absolute Gasteiger partial charge is 0.398 e. The molecule has 1 aromatic carbocycles. The molecule has 1 N–H and O–H groups in total. The van der Waals surface area contributed by atoms with Crippen molar-refractivity contribution >= 4 is 0 Å². The molecule has 0 saturated heterocycles. The maximum Gasteiger partial charge on any atom is 0.398 e. The summed E-state index contributed by atoms with van der Waals surface area (Å²) in [4.78, 5) is 0. The van der Waals surface area contributed by atoms with Crippen LogP contribution in [0.5, 0.6) is 0 Å². The Morgan fingerprint density at radius 2 is 2.04 bits per heavy atom. The molecule has 0 aliphatic carbocycles.